The second-order valence-corrected chi connectivity index (χ2v) is 14.4. The normalized spacial score (nSPS) is 12.8. The van der Waals surface area contributed by atoms with Crippen molar-refractivity contribution >= 4 is 79.0 Å². The number of fused-ring (bicyclic) bond motifs is 4. The minimum atomic E-state index is -0.107. The van der Waals surface area contributed by atoms with E-state index in [2.05, 4.69) is 57.3 Å². The number of nitrogens with one attached hydrogen (secondary N) is 1. The van der Waals surface area contributed by atoms with Gasteiger partial charge in [0.05, 0.1) is 10.7 Å². The smallest absolute Gasteiger partial charge is 0.214 e. The number of nitrogens with zero attached hydrogens (tertiary/aromatic N) is 3. The first-order valence-electron chi connectivity index (χ1n) is 13.4. The maximum atomic E-state index is 13.5. The van der Waals surface area contributed by atoms with Gasteiger partial charge in [0, 0.05) is 58.2 Å². The average Bonchev–Trinajstić information content (AvgIpc) is 3.66. The van der Waals surface area contributed by atoms with Crippen LogP contribution >= 0.6 is 46.2 Å². The van der Waals surface area contributed by atoms with Crippen molar-refractivity contribution in [1.29, 1.82) is 5.41 Å². The lowest BCUT2D eigenvalue weighted by Gasteiger charge is -2.10. The van der Waals surface area contributed by atoms with Crippen LogP contribution in [0, 0.1) is 5.41 Å². The first-order chi connectivity index (χ1) is 19.7. The molecule has 0 aliphatic rings. The molecule has 41 heavy (non-hydrogen) atoms. The molecule has 0 radical (unpaired) electrons. The fourth-order valence-electron chi connectivity index (χ4n) is 5.46. The minimum absolute atomic E-state index is 0.107. The van der Waals surface area contributed by atoms with Gasteiger partial charge in [-0.05, 0) is 36.5 Å². The van der Waals surface area contributed by atoms with Crippen LogP contribution in [0.1, 0.15) is 49.3 Å². The van der Waals surface area contributed by atoms with Crippen molar-refractivity contribution in [3.63, 3.8) is 0 Å². The summed E-state index contributed by atoms with van der Waals surface area (Å²) in [6.07, 6.45) is 4.18. The molecule has 0 bridgehead atoms. The molecular weight excluding hydrogens is 585 g/mol. The molecule has 0 aliphatic carbocycles. The molecule has 9 heteroatoms. The summed E-state index contributed by atoms with van der Waals surface area (Å²) in [6.45, 7) is 8.80. The van der Waals surface area contributed by atoms with Crippen LogP contribution in [-0.2, 0) is 0 Å². The Balaban J connectivity index is 1.84. The van der Waals surface area contributed by atoms with Gasteiger partial charge in [0.15, 0.2) is 0 Å². The van der Waals surface area contributed by atoms with Crippen LogP contribution in [0.15, 0.2) is 56.0 Å². The third-order valence-electron chi connectivity index (χ3n) is 7.39. The zero-order valence-corrected chi connectivity index (χ0v) is 27.3. The lowest BCUT2D eigenvalue weighted by Crippen LogP contribution is -2.29. The molecule has 0 amide bonds. The van der Waals surface area contributed by atoms with E-state index in [1.165, 1.54) is 19.5 Å². The largest absolute Gasteiger partial charge is 0.298 e. The molecule has 3 heterocycles. The summed E-state index contributed by atoms with van der Waals surface area (Å²) in [5, 5.41) is 11.9. The first kappa shape index (κ1) is 28.3. The van der Waals surface area contributed by atoms with Crippen LogP contribution in [0.4, 0.5) is 0 Å². The van der Waals surface area contributed by atoms with Crippen LogP contribution in [-0.4, -0.2) is 29.5 Å². The summed E-state index contributed by atoms with van der Waals surface area (Å²) >= 11 is 6.88. The molecule has 0 unspecified atom stereocenters. The van der Waals surface area contributed by atoms with Crippen molar-refractivity contribution in [2.75, 3.05) is 19.6 Å². The number of rotatable bonds is 6. The number of thiophene rings is 2. The Kier molecular flexibility index (Phi) is 7.43. The predicted octanol–water partition coefficient (Wildman–Crippen LogP) is 8.33. The van der Waals surface area contributed by atoms with Gasteiger partial charge in [0.1, 0.15) is 22.1 Å². The highest BCUT2D eigenvalue weighted by molar-refractivity contribution is 7.99. The molecule has 0 saturated heterocycles. The number of hydrogen-bond donors (Lipinski definition) is 1. The maximum absolute atomic E-state index is 13.5. The predicted molar refractivity (Wildman–Crippen MR) is 179 cm³/mol. The Morgan fingerprint density at radius 2 is 1.29 bits per heavy atom. The molecule has 0 aliphatic heterocycles. The molecule has 3 aromatic heterocycles. The molecule has 1 N–H and O–H groups in total. The number of thioether (sulfide) groups is 2. The highest BCUT2D eigenvalue weighted by atomic mass is 32.2. The molecule has 0 saturated carbocycles. The second kappa shape index (κ2) is 10.8. The van der Waals surface area contributed by atoms with Crippen LogP contribution in [0.5, 0.6) is 0 Å². The van der Waals surface area contributed by atoms with Gasteiger partial charge < -0.3 is 0 Å². The van der Waals surface area contributed by atoms with E-state index in [0.717, 1.165) is 26.3 Å². The van der Waals surface area contributed by atoms with E-state index in [1.807, 2.05) is 24.3 Å². The summed E-state index contributed by atoms with van der Waals surface area (Å²) in [6, 6.07) is 11.9. The van der Waals surface area contributed by atoms with Crippen LogP contribution in [0.2, 0.25) is 0 Å². The van der Waals surface area contributed by atoms with Crippen LogP contribution in [0.25, 0.3) is 53.7 Å². The average molecular weight is 615 g/mol. The van der Waals surface area contributed by atoms with Crippen molar-refractivity contribution in [3.8, 4) is 20.9 Å². The second-order valence-electron chi connectivity index (χ2n) is 10.6. The molecule has 6 rings (SSSR count). The number of hydrogen-bond acceptors (Lipinski definition) is 9. The maximum Gasteiger partial charge on any atom is 0.214 e. The monoisotopic (exact) mass is 614 g/mol. The lowest BCUT2D eigenvalue weighted by atomic mass is 10.0. The van der Waals surface area contributed by atoms with E-state index in [4.69, 9.17) is 9.97 Å². The topological polar surface area (TPSA) is 79.1 Å². The quantitative estimate of drug-likeness (QED) is 0.191. The third-order valence-corrected chi connectivity index (χ3v) is 12.1. The molecule has 0 spiro atoms. The summed E-state index contributed by atoms with van der Waals surface area (Å²) < 4.78 is 0. The van der Waals surface area contributed by atoms with Gasteiger partial charge in [0.25, 0.3) is 0 Å². The van der Waals surface area contributed by atoms with Gasteiger partial charge in [-0.15, -0.1) is 46.2 Å². The highest BCUT2D eigenvalue weighted by Gasteiger charge is 2.25. The fraction of sp³-hybridized carbons (Fsp3) is 0.281. The summed E-state index contributed by atoms with van der Waals surface area (Å²) in [5.74, 6) is 0.716. The minimum Gasteiger partial charge on any atom is -0.298 e. The zero-order chi connectivity index (χ0) is 29.2. The Morgan fingerprint density at radius 1 is 0.780 bits per heavy atom. The Morgan fingerprint density at radius 3 is 1.80 bits per heavy atom. The fourth-order valence-corrected chi connectivity index (χ4v) is 9.92. The molecule has 3 aromatic carbocycles. The zero-order valence-electron chi connectivity index (χ0n) is 24.0. The molecule has 0 atom stereocenters. The lowest BCUT2D eigenvalue weighted by molar-refractivity contribution is 0.869. The van der Waals surface area contributed by atoms with Crippen molar-refractivity contribution in [3.05, 3.63) is 67.1 Å². The van der Waals surface area contributed by atoms with Crippen molar-refractivity contribution < 1.29 is 0 Å². The van der Waals surface area contributed by atoms with Crippen molar-refractivity contribution in [1.82, 2.24) is 9.97 Å². The Bertz CT molecular complexity index is 2150. The first-order valence-corrected chi connectivity index (χ1v) is 17.5. The van der Waals surface area contributed by atoms with Crippen molar-refractivity contribution in [2.45, 2.75) is 49.3 Å². The van der Waals surface area contributed by atoms with Gasteiger partial charge in [-0.3, -0.25) is 15.2 Å². The molecule has 5 nitrogen and oxygen atoms in total. The number of aromatic nitrogens is 2. The highest BCUT2D eigenvalue weighted by Crippen LogP contribution is 2.44. The molecule has 6 aromatic rings. The van der Waals surface area contributed by atoms with Gasteiger partial charge in [-0.2, -0.15) is 0 Å². The van der Waals surface area contributed by atoms with E-state index < -0.39 is 0 Å². The Labute approximate surface area is 255 Å². The molecule has 0 fully saturated rings. The van der Waals surface area contributed by atoms with Gasteiger partial charge >= 0.3 is 0 Å². The number of benzene rings is 2. The van der Waals surface area contributed by atoms with Gasteiger partial charge in [-0.25, -0.2) is 9.97 Å². The standard InChI is InChI=1S/C32H30N4OS4/c1-14(2)31-20(38-6)12-18(40-31)22-24(33)26(34-5)23(19-13-21(39-7)32(41-19)15(3)4)28-27(22)35-25-16-10-8-9-11-17(16)30(37)29(25)36-28/h8-15,33H,1-7H3. The van der Waals surface area contributed by atoms with E-state index in [1.54, 1.807) is 53.2 Å². The molecule has 208 valence electrons. The van der Waals surface area contributed by atoms with Crippen LogP contribution in [0.3, 0.4) is 0 Å². The van der Waals surface area contributed by atoms with Crippen molar-refractivity contribution in [2.24, 2.45) is 4.99 Å². The van der Waals surface area contributed by atoms with E-state index in [-0.39, 0.29) is 5.43 Å². The summed E-state index contributed by atoms with van der Waals surface area (Å²) in [4.78, 5) is 35.5. The van der Waals surface area contributed by atoms with E-state index in [0.29, 0.717) is 50.0 Å². The SMILES string of the molecule is CN=c1c(-c2cc(SC)c(C(C)C)s2)c2nc3c(=O)c4ccccc4c3nc2c(-c2cc(SC)c(C(C)C)s2)c1=N. The third kappa shape index (κ3) is 4.40. The summed E-state index contributed by atoms with van der Waals surface area (Å²) in [5.41, 5.74) is 3.65. The van der Waals surface area contributed by atoms with Crippen LogP contribution < -0.4 is 16.1 Å². The summed E-state index contributed by atoms with van der Waals surface area (Å²) in [7, 11) is 1.74. The molecular formula is C32H30N4OS4. The van der Waals surface area contributed by atoms with Gasteiger partial charge in [-0.1, -0.05) is 52.0 Å². The van der Waals surface area contributed by atoms with Gasteiger partial charge in [0.2, 0.25) is 5.43 Å². The van der Waals surface area contributed by atoms with E-state index >= 15 is 0 Å². The van der Waals surface area contributed by atoms with E-state index in [9.17, 15) is 10.2 Å². The Hall–Kier alpha value is -2.85.